The zero-order valence-electron chi connectivity index (χ0n) is 8.08. The largest absolute Gasteiger partial charge is 0.478 e. The topological polar surface area (TPSA) is 12.5 Å². The Labute approximate surface area is 89.4 Å². The smallest absolute Gasteiger partial charge is 0.162 e. The molecule has 14 heavy (non-hydrogen) atoms. The van der Waals surface area contributed by atoms with E-state index in [-0.39, 0.29) is 6.07 Å². The van der Waals surface area contributed by atoms with Gasteiger partial charge in [0.15, 0.2) is 6.07 Å². The van der Waals surface area contributed by atoms with Gasteiger partial charge in [-0.05, 0) is 25.0 Å². The number of alkyl halides is 1. The van der Waals surface area contributed by atoms with Crippen LogP contribution in [0.25, 0.3) is 0 Å². The second-order valence-electron chi connectivity index (χ2n) is 3.44. The third-order valence-corrected chi connectivity index (χ3v) is 2.62. The van der Waals surface area contributed by atoms with Gasteiger partial charge in [0, 0.05) is 24.8 Å². The molecule has 76 valence electrons. The maximum atomic E-state index is 5.51. The molecule has 0 spiro atoms. The normalized spacial score (nSPS) is 15.9. The Morgan fingerprint density at radius 2 is 2.07 bits per heavy atom. The van der Waals surface area contributed by atoms with Gasteiger partial charge in [-0.25, -0.2) is 0 Å². The van der Waals surface area contributed by atoms with Gasteiger partial charge in [-0.3, -0.25) is 0 Å². The Morgan fingerprint density at radius 3 is 2.79 bits per heavy atom. The molecule has 1 aliphatic heterocycles. The molecule has 2 rings (SSSR count). The molecule has 0 radical (unpaired) electrons. The minimum absolute atomic E-state index is 0.212. The summed E-state index contributed by atoms with van der Waals surface area (Å²) in [6, 6.07) is 8.32. The van der Waals surface area contributed by atoms with Gasteiger partial charge in [0.25, 0.3) is 0 Å². The highest BCUT2D eigenvalue weighted by Crippen LogP contribution is 2.24. The van der Waals surface area contributed by atoms with Gasteiger partial charge in [0.2, 0.25) is 0 Å². The first kappa shape index (κ1) is 9.66. The molecular weight excluding hydrogens is 198 g/mol. The molecule has 1 aromatic carbocycles. The summed E-state index contributed by atoms with van der Waals surface area (Å²) in [4.78, 5) is 2.38. The highest BCUT2D eigenvalue weighted by Gasteiger charge is 2.12. The van der Waals surface area contributed by atoms with Gasteiger partial charge in [0.1, 0.15) is 5.75 Å². The van der Waals surface area contributed by atoms with Crippen LogP contribution in [0.3, 0.4) is 0 Å². The molecular formula is C11H14ClNO. The number of rotatable bonds is 3. The second kappa shape index (κ2) is 4.56. The van der Waals surface area contributed by atoms with E-state index in [1.807, 2.05) is 18.2 Å². The summed E-state index contributed by atoms with van der Waals surface area (Å²) in [6.07, 6.45) is 2.58. The molecule has 0 aromatic heterocycles. The van der Waals surface area contributed by atoms with Crippen LogP contribution in [0.4, 0.5) is 5.69 Å². The van der Waals surface area contributed by atoms with Crippen LogP contribution in [-0.2, 0) is 0 Å². The predicted molar refractivity (Wildman–Crippen MR) is 59.2 cm³/mol. The van der Waals surface area contributed by atoms with E-state index in [0.29, 0.717) is 0 Å². The quantitative estimate of drug-likeness (QED) is 0.713. The number of ether oxygens (including phenoxy) is 1. The van der Waals surface area contributed by atoms with Crippen molar-refractivity contribution in [3.63, 3.8) is 0 Å². The zero-order chi connectivity index (χ0) is 9.80. The second-order valence-corrected chi connectivity index (χ2v) is 3.66. The minimum atomic E-state index is 0.212. The third kappa shape index (κ3) is 2.13. The Hall–Kier alpha value is -0.890. The van der Waals surface area contributed by atoms with Crippen molar-refractivity contribution in [1.82, 2.24) is 0 Å². The first-order chi connectivity index (χ1) is 6.90. The summed E-state index contributed by atoms with van der Waals surface area (Å²) in [7, 11) is 0. The lowest BCUT2D eigenvalue weighted by molar-refractivity contribution is 0.388. The van der Waals surface area contributed by atoms with Gasteiger partial charge in [0.05, 0.1) is 0 Å². The van der Waals surface area contributed by atoms with Crippen molar-refractivity contribution in [2.45, 2.75) is 12.8 Å². The SMILES string of the molecule is ClCOc1cccc(N2CCCC2)c1. The van der Waals surface area contributed by atoms with E-state index in [2.05, 4.69) is 11.0 Å². The molecule has 0 atom stereocenters. The molecule has 1 aromatic rings. The highest BCUT2D eigenvalue weighted by atomic mass is 35.5. The summed E-state index contributed by atoms with van der Waals surface area (Å²) in [6.45, 7) is 2.31. The van der Waals surface area contributed by atoms with Crippen molar-refractivity contribution >= 4 is 17.3 Å². The summed E-state index contributed by atoms with van der Waals surface area (Å²) in [5.41, 5.74) is 1.24. The van der Waals surface area contributed by atoms with Crippen molar-refractivity contribution in [3.8, 4) is 5.75 Å². The van der Waals surface area contributed by atoms with Crippen molar-refractivity contribution in [2.75, 3.05) is 24.1 Å². The Bertz CT molecular complexity index is 297. The number of benzene rings is 1. The number of halogens is 1. The van der Waals surface area contributed by atoms with Crippen LogP contribution in [-0.4, -0.2) is 19.2 Å². The Balaban J connectivity index is 2.12. The molecule has 1 fully saturated rings. The zero-order valence-corrected chi connectivity index (χ0v) is 8.83. The van der Waals surface area contributed by atoms with Crippen molar-refractivity contribution < 1.29 is 4.74 Å². The van der Waals surface area contributed by atoms with Gasteiger partial charge in [-0.2, -0.15) is 0 Å². The summed E-state index contributed by atoms with van der Waals surface area (Å²) in [5, 5.41) is 0. The van der Waals surface area contributed by atoms with Gasteiger partial charge < -0.3 is 9.64 Å². The van der Waals surface area contributed by atoms with Crippen LogP contribution in [0.15, 0.2) is 24.3 Å². The minimum Gasteiger partial charge on any atom is -0.478 e. The molecule has 0 amide bonds. The monoisotopic (exact) mass is 211 g/mol. The molecule has 1 heterocycles. The molecule has 1 aliphatic rings. The Kier molecular flexibility index (Phi) is 3.14. The molecule has 2 nitrogen and oxygen atoms in total. The lowest BCUT2D eigenvalue weighted by Crippen LogP contribution is -2.17. The Morgan fingerprint density at radius 1 is 1.29 bits per heavy atom. The van der Waals surface area contributed by atoms with Gasteiger partial charge >= 0.3 is 0 Å². The maximum Gasteiger partial charge on any atom is 0.162 e. The van der Waals surface area contributed by atoms with E-state index in [1.165, 1.54) is 18.5 Å². The predicted octanol–water partition coefficient (Wildman–Crippen LogP) is 2.86. The first-order valence-electron chi connectivity index (χ1n) is 4.94. The van der Waals surface area contributed by atoms with E-state index < -0.39 is 0 Å². The molecule has 0 saturated carbocycles. The van der Waals surface area contributed by atoms with Crippen LogP contribution in [0.5, 0.6) is 5.75 Å². The van der Waals surface area contributed by atoms with Crippen LogP contribution in [0, 0.1) is 0 Å². The highest BCUT2D eigenvalue weighted by molar-refractivity contribution is 6.17. The van der Waals surface area contributed by atoms with Crippen LogP contribution in [0.1, 0.15) is 12.8 Å². The summed E-state index contributed by atoms with van der Waals surface area (Å²) < 4.78 is 5.24. The number of hydrogen-bond acceptors (Lipinski definition) is 2. The van der Waals surface area contributed by atoms with E-state index in [1.54, 1.807) is 0 Å². The fourth-order valence-electron chi connectivity index (χ4n) is 1.81. The fourth-order valence-corrected chi connectivity index (χ4v) is 1.93. The van der Waals surface area contributed by atoms with Crippen LogP contribution < -0.4 is 9.64 Å². The average molecular weight is 212 g/mol. The molecule has 0 N–H and O–H groups in total. The lowest BCUT2D eigenvalue weighted by atomic mass is 10.3. The summed E-state index contributed by atoms with van der Waals surface area (Å²) in [5.74, 6) is 0.851. The van der Waals surface area contributed by atoms with Crippen molar-refractivity contribution in [2.24, 2.45) is 0 Å². The van der Waals surface area contributed by atoms with Crippen LogP contribution >= 0.6 is 11.6 Å². The van der Waals surface area contributed by atoms with E-state index in [9.17, 15) is 0 Å². The molecule has 1 saturated heterocycles. The third-order valence-electron chi connectivity index (χ3n) is 2.51. The van der Waals surface area contributed by atoms with Gasteiger partial charge in [-0.1, -0.05) is 17.7 Å². The first-order valence-corrected chi connectivity index (χ1v) is 5.47. The fraction of sp³-hybridized carbons (Fsp3) is 0.455. The van der Waals surface area contributed by atoms with E-state index >= 15 is 0 Å². The maximum absolute atomic E-state index is 5.51. The average Bonchev–Trinajstić information content (AvgIpc) is 2.71. The van der Waals surface area contributed by atoms with Crippen molar-refractivity contribution in [3.05, 3.63) is 24.3 Å². The molecule has 0 unspecified atom stereocenters. The number of hydrogen-bond donors (Lipinski definition) is 0. The lowest BCUT2D eigenvalue weighted by Gasteiger charge is -2.18. The van der Waals surface area contributed by atoms with Crippen molar-refractivity contribution in [1.29, 1.82) is 0 Å². The van der Waals surface area contributed by atoms with Gasteiger partial charge in [-0.15, -0.1) is 0 Å². The molecule has 3 heteroatoms. The van der Waals surface area contributed by atoms with E-state index in [4.69, 9.17) is 16.3 Å². The summed E-state index contributed by atoms with van der Waals surface area (Å²) >= 11 is 5.51. The molecule has 0 aliphatic carbocycles. The number of anilines is 1. The van der Waals surface area contributed by atoms with Crippen LogP contribution in [0.2, 0.25) is 0 Å². The molecule has 0 bridgehead atoms. The van der Waals surface area contributed by atoms with E-state index in [0.717, 1.165) is 18.8 Å². The standard InChI is InChI=1S/C11H14ClNO/c12-9-14-11-5-3-4-10(8-11)13-6-1-2-7-13/h3-5,8H,1-2,6-7,9H2. The number of nitrogens with zero attached hydrogens (tertiary/aromatic N) is 1.